The number of carbonyl (C=O) groups excluding carboxylic acids is 1. The normalized spacial score (nSPS) is 11.0. The van der Waals surface area contributed by atoms with Gasteiger partial charge in [-0.25, -0.2) is 32.0 Å². The predicted molar refractivity (Wildman–Crippen MR) is 111 cm³/mol. The Hall–Kier alpha value is -4.15. The molecule has 0 unspecified atom stereocenters. The summed E-state index contributed by atoms with van der Waals surface area (Å²) >= 11 is 0. The number of nitrogens with one attached hydrogen (secondary N) is 2. The van der Waals surface area contributed by atoms with Crippen molar-refractivity contribution in [1.82, 2.24) is 19.2 Å². The van der Waals surface area contributed by atoms with Crippen molar-refractivity contribution < 1.29 is 18.0 Å². The number of hydrogen-bond donors (Lipinski definition) is 2. The van der Waals surface area contributed by atoms with Crippen molar-refractivity contribution in [3.05, 3.63) is 81.7 Å². The molecule has 0 fully saturated rings. The summed E-state index contributed by atoms with van der Waals surface area (Å²) in [4.78, 5) is 29.5. The number of rotatable bonds is 5. The number of anilines is 3. The molecule has 0 aliphatic rings. The molecule has 0 spiro atoms. The first-order chi connectivity index (χ1) is 15.2. The van der Waals surface area contributed by atoms with E-state index in [-0.39, 0.29) is 17.3 Å². The van der Waals surface area contributed by atoms with Crippen LogP contribution in [-0.2, 0) is 11.3 Å². The third-order valence-electron chi connectivity index (χ3n) is 4.56. The number of amides is 1. The van der Waals surface area contributed by atoms with Gasteiger partial charge in [0, 0.05) is 29.2 Å². The first kappa shape index (κ1) is 21.1. The zero-order valence-corrected chi connectivity index (χ0v) is 17.0. The number of nitrogens with zero attached hydrogens (tertiary/aromatic N) is 4. The van der Waals surface area contributed by atoms with Crippen LogP contribution in [0.15, 0.2) is 47.3 Å². The van der Waals surface area contributed by atoms with E-state index in [1.165, 1.54) is 6.07 Å². The van der Waals surface area contributed by atoms with E-state index in [4.69, 9.17) is 0 Å². The Morgan fingerprint density at radius 1 is 1.00 bits per heavy atom. The molecule has 1 amide bonds. The van der Waals surface area contributed by atoms with Crippen LogP contribution in [0, 0.1) is 31.3 Å². The van der Waals surface area contributed by atoms with Gasteiger partial charge < -0.3 is 10.6 Å². The Balaban J connectivity index is 1.64. The van der Waals surface area contributed by atoms with E-state index in [0.29, 0.717) is 23.0 Å². The van der Waals surface area contributed by atoms with Gasteiger partial charge in [0.25, 0.3) is 0 Å². The zero-order chi connectivity index (χ0) is 23.0. The Morgan fingerprint density at radius 2 is 1.72 bits per heavy atom. The molecule has 4 rings (SSSR count). The van der Waals surface area contributed by atoms with Crippen LogP contribution < -0.4 is 16.3 Å². The van der Waals surface area contributed by atoms with Gasteiger partial charge >= 0.3 is 5.69 Å². The first-order valence-corrected chi connectivity index (χ1v) is 9.46. The highest BCUT2D eigenvalue weighted by molar-refractivity contribution is 5.90. The van der Waals surface area contributed by atoms with Crippen molar-refractivity contribution in [3.63, 3.8) is 0 Å². The van der Waals surface area contributed by atoms with Crippen LogP contribution in [0.1, 0.15) is 11.3 Å². The number of fused-ring (bicyclic) bond motifs is 1. The second kappa shape index (κ2) is 8.17. The molecule has 0 radical (unpaired) electrons. The summed E-state index contributed by atoms with van der Waals surface area (Å²) in [5.74, 6) is -2.75. The molecule has 0 saturated carbocycles. The number of hydrogen-bond acceptors (Lipinski definition) is 5. The first-order valence-electron chi connectivity index (χ1n) is 9.46. The number of carbonyl (C=O) groups is 1. The molecule has 0 aliphatic heterocycles. The van der Waals surface area contributed by atoms with Gasteiger partial charge in [0.2, 0.25) is 11.9 Å². The van der Waals surface area contributed by atoms with Crippen LogP contribution in [0.25, 0.3) is 5.65 Å². The quantitative estimate of drug-likeness (QED) is 0.495. The summed E-state index contributed by atoms with van der Waals surface area (Å²) in [6, 6.07) is 8.59. The highest BCUT2D eigenvalue weighted by Crippen LogP contribution is 2.19. The lowest BCUT2D eigenvalue weighted by Gasteiger charge is -2.08. The largest absolute Gasteiger partial charge is 0.353 e. The maximum Gasteiger partial charge on any atom is 0.353 e. The topological polar surface area (TPSA) is 93.3 Å². The number of aryl methyl sites for hydroxylation is 2. The van der Waals surface area contributed by atoms with Crippen molar-refractivity contribution >= 4 is 28.9 Å². The molecule has 0 saturated heterocycles. The number of halogens is 3. The van der Waals surface area contributed by atoms with Gasteiger partial charge in [0.15, 0.2) is 5.65 Å². The molecule has 4 aromatic rings. The molecule has 32 heavy (non-hydrogen) atoms. The molecule has 2 aromatic heterocycles. The summed E-state index contributed by atoms with van der Waals surface area (Å²) in [5, 5.41) is 9.34. The molecular weight excluding hydrogens is 425 g/mol. The van der Waals surface area contributed by atoms with Crippen molar-refractivity contribution in [2.45, 2.75) is 20.4 Å². The zero-order valence-electron chi connectivity index (χ0n) is 17.0. The van der Waals surface area contributed by atoms with Gasteiger partial charge in [-0.1, -0.05) is 6.07 Å². The van der Waals surface area contributed by atoms with Gasteiger partial charge in [-0.2, -0.15) is 0 Å². The highest BCUT2D eigenvalue weighted by atomic mass is 19.1. The molecule has 2 aromatic carbocycles. The maximum absolute atomic E-state index is 13.9. The van der Waals surface area contributed by atoms with Gasteiger partial charge in [0.05, 0.1) is 0 Å². The molecule has 164 valence electrons. The summed E-state index contributed by atoms with van der Waals surface area (Å²) < 4.78 is 42.6. The lowest BCUT2D eigenvalue weighted by atomic mass is 10.2. The molecule has 11 heteroatoms. The van der Waals surface area contributed by atoms with E-state index in [9.17, 15) is 22.8 Å². The van der Waals surface area contributed by atoms with Crippen molar-refractivity contribution in [3.8, 4) is 0 Å². The van der Waals surface area contributed by atoms with Gasteiger partial charge in [-0.05, 0) is 43.7 Å². The minimum absolute atomic E-state index is 0.0899. The van der Waals surface area contributed by atoms with Crippen LogP contribution in [0.3, 0.4) is 0 Å². The SMILES string of the molecule is Cc1cc2nn(CC(=O)Nc3cc(F)cc(F)c3)c(=O)n2c(Nc2ccc(C)c(F)c2)n1. The van der Waals surface area contributed by atoms with Crippen molar-refractivity contribution in [2.24, 2.45) is 0 Å². The standard InChI is InChI=1S/C21H17F3N6O2/c1-11-3-4-15(9-17(11)24)27-20-25-12(2)5-18-28-29(21(32)30(18)20)10-19(31)26-16-7-13(22)6-14(23)8-16/h3-9H,10H2,1-2H3,(H,25,27)(H,26,31). The van der Waals surface area contributed by atoms with Crippen LogP contribution >= 0.6 is 0 Å². The van der Waals surface area contributed by atoms with E-state index in [1.54, 1.807) is 32.0 Å². The lowest BCUT2D eigenvalue weighted by Crippen LogP contribution is -2.29. The van der Waals surface area contributed by atoms with E-state index < -0.39 is 35.6 Å². The van der Waals surface area contributed by atoms with Crippen LogP contribution in [-0.4, -0.2) is 25.1 Å². The second-order valence-corrected chi connectivity index (χ2v) is 7.15. The fraction of sp³-hybridized carbons (Fsp3) is 0.143. The Morgan fingerprint density at radius 3 is 2.41 bits per heavy atom. The monoisotopic (exact) mass is 442 g/mol. The minimum Gasteiger partial charge on any atom is -0.325 e. The predicted octanol–water partition coefficient (Wildman–Crippen LogP) is 3.31. The fourth-order valence-electron chi connectivity index (χ4n) is 3.10. The Labute approximate surface area is 179 Å². The summed E-state index contributed by atoms with van der Waals surface area (Å²) in [5.41, 5.74) is 0.811. The van der Waals surface area contributed by atoms with Gasteiger partial charge in [-0.3, -0.25) is 4.79 Å². The third kappa shape index (κ3) is 4.31. The smallest absolute Gasteiger partial charge is 0.325 e. The molecule has 2 N–H and O–H groups in total. The average Bonchev–Trinajstić information content (AvgIpc) is 2.99. The third-order valence-corrected chi connectivity index (χ3v) is 4.56. The van der Waals surface area contributed by atoms with E-state index in [1.807, 2.05) is 0 Å². The Kier molecular flexibility index (Phi) is 5.39. The summed E-state index contributed by atoms with van der Waals surface area (Å²) in [6.45, 7) is 2.81. The molecule has 2 heterocycles. The van der Waals surface area contributed by atoms with Crippen molar-refractivity contribution in [2.75, 3.05) is 10.6 Å². The van der Waals surface area contributed by atoms with E-state index in [0.717, 1.165) is 21.2 Å². The Bertz CT molecular complexity index is 1390. The summed E-state index contributed by atoms with van der Waals surface area (Å²) in [6.07, 6.45) is 0. The van der Waals surface area contributed by atoms with Gasteiger partial charge in [0.1, 0.15) is 24.0 Å². The van der Waals surface area contributed by atoms with Crippen LogP contribution in [0.4, 0.5) is 30.5 Å². The molecule has 0 aliphatic carbocycles. The fourth-order valence-corrected chi connectivity index (χ4v) is 3.10. The molecular formula is C21H17F3N6O2. The molecule has 0 atom stereocenters. The number of aromatic nitrogens is 4. The second-order valence-electron chi connectivity index (χ2n) is 7.15. The lowest BCUT2D eigenvalue weighted by molar-refractivity contribution is -0.117. The van der Waals surface area contributed by atoms with E-state index in [2.05, 4.69) is 20.7 Å². The molecule has 0 bridgehead atoms. The van der Waals surface area contributed by atoms with Crippen LogP contribution in [0.2, 0.25) is 0 Å². The number of benzene rings is 2. The van der Waals surface area contributed by atoms with Crippen molar-refractivity contribution in [1.29, 1.82) is 0 Å². The van der Waals surface area contributed by atoms with Crippen LogP contribution in [0.5, 0.6) is 0 Å². The van der Waals surface area contributed by atoms with E-state index >= 15 is 0 Å². The maximum atomic E-state index is 13.9. The minimum atomic E-state index is -0.852. The average molecular weight is 442 g/mol. The molecule has 8 nitrogen and oxygen atoms in total. The highest BCUT2D eigenvalue weighted by Gasteiger charge is 2.16. The van der Waals surface area contributed by atoms with Gasteiger partial charge in [-0.15, -0.1) is 5.10 Å². The summed E-state index contributed by atoms with van der Waals surface area (Å²) in [7, 11) is 0.